The summed E-state index contributed by atoms with van der Waals surface area (Å²) < 4.78 is 22.8. The molecule has 1 fully saturated rings. The first-order valence-electron chi connectivity index (χ1n) is 7.17. The number of ether oxygens (including phenoxy) is 1. The van der Waals surface area contributed by atoms with E-state index < -0.39 is 18.0 Å². The molecular formula is C14H12FN7O2. The van der Waals surface area contributed by atoms with Crippen molar-refractivity contribution in [3.63, 3.8) is 0 Å². The summed E-state index contributed by atoms with van der Waals surface area (Å²) in [6.45, 7) is 0.532. The number of imidazole rings is 1. The SMILES string of the molecule is O=C1O[C@@H](Cn2cnnn2)CN1c1ccc(-n2ccnc2)cc1F. The summed E-state index contributed by atoms with van der Waals surface area (Å²) in [7, 11) is 0. The van der Waals surface area contributed by atoms with E-state index in [1.165, 1.54) is 22.0 Å². The van der Waals surface area contributed by atoms with E-state index in [2.05, 4.69) is 20.5 Å². The number of tetrazole rings is 1. The molecule has 3 heterocycles. The lowest BCUT2D eigenvalue weighted by Gasteiger charge is -2.15. The third kappa shape index (κ3) is 2.57. The molecule has 3 aromatic rings. The minimum absolute atomic E-state index is 0.170. The van der Waals surface area contributed by atoms with E-state index in [-0.39, 0.29) is 12.2 Å². The molecule has 1 atom stereocenters. The van der Waals surface area contributed by atoms with E-state index in [4.69, 9.17) is 4.74 Å². The second kappa shape index (κ2) is 5.72. The molecule has 1 saturated heterocycles. The van der Waals surface area contributed by atoms with E-state index in [0.717, 1.165) is 0 Å². The number of nitrogens with zero attached hydrogens (tertiary/aromatic N) is 7. The summed E-state index contributed by atoms with van der Waals surface area (Å²) in [6, 6.07) is 4.60. The largest absolute Gasteiger partial charge is 0.442 e. The number of carbonyl (C=O) groups excluding carboxylic acids is 1. The number of halogens is 1. The molecule has 0 N–H and O–H groups in total. The molecule has 122 valence electrons. The molecule has 0 bridgehead atoms. The van der Waals surface area contributed by atoms with Gasteiger partial charge in [0.25, 0.3) is 0 Å². The van der Waals surface area contributed by atoms with E-state index in [1.54, 1.807) is 35.4 Å². The van der Waals surface area contributed by atoms with Gasteiger partial charge < -0.3 is 9.30 Å². The zero-order chi connectivity index (χ0) is 16.5. The standard InChI is InChI=1S/C14H12FN7O2/c15-12-5-10(20-4-3-16-8-20)1-2-13(12)22-7-11(24-14(22)23)6-21-9-17-18-19-21/h1-5,8-9,11H,6-7H2/t11-/m0/s1. The number of cyclic esters (lactones) is 1. The van der Waals surface area contributed by atoms with Crippen molar-refractivity contribution < 1.29 is 13.9 Å². The Labute approximate surface area is 135 Å². The summed E-state index contributed by atoms with van der Waals surface area (Å²) in [5.41, 5.74) is 0.787. The molecule has 0 spiro atoms. The van der Waals surface area contributed by atoms with Gasteiger partial charge in [-0.05, 0) is 22.6 Å². The van der Waals surface area contributed by atoms with Crippen molar-refractivity contribution in [3.05, 3.63) is 49.1 Å². The average Bonchev–Trinajstić information content (AvgIpc) is 3.30. The van der Waals surface area contributed by atoms with Gasteiger partial charge in [-0.25, -0.2) is 18.9 Å². The van der Waals surface area contributed by atoms with Gasteiger partial charge >= 0.3 is 6.09 Å². The van der Waals surface area contributed by atoms with Gasteiger partial charge in [0.2, 0.25) is 0 Å². The van der Waals surface area contributed by atoms with Crippen molar-refractivity contribution in [1.29, 1.82) is 0 Å². The second-order valence-electron chi connectivity index (χ2n) is 5.25. The fourth-order valence-corrected chi connectivity index (χ4v) is 2.57. The normalized spacial score (nSPS) is 17.3. The van der Waals surface area contributed by atoms with Crippen LogP contribution in [0.5, 0.6) is 0 Å². The quantitative estimate of drug-likeness (QED) is 0.710. The fourth-order valence-electron chi connectivity index (χ4n) is 2.57. The molecular weight excluding hydrogens is 317 g/mol. The molecule has 10 heteroatoms. The molecule has 0 saturated carbocycles. The van der Waals surface area contributed by atoms with Gasteiger partial charge in [-0.3, -0.25) is 4.90 Å². The van der Waals surface area contributed by atoms with Gasteiger partial charge in [0.1, 0.15) is 18.2 Å². The predicted molar refractivity (Wildman–Crippen MR) is 79.0 cm³/mol. The number of carbonyl (C=O) groups is 1. The Morgan fingerprint density at radius 2 is 2.25 bits per heavy atom. The van der Waals surface area contributed by atoms with Crippen LogP contribution in [0.25, 0.3) is 5.69 Å². The van der Waals surface area contributed by atoms with Crippen molar-refractivity contribution >= 4 is 11.8 Å². The van der Waals surface area contributed by atoms with E-state index in [0.29, 0.717) is 12.2 Å². The first-order chi connectivity index (χ1) is 11.7. The number of benzene rings is 1. The smallest absolute Gasteiger partial charge is 0.414 e. The maximum atomic E-state index is 14.5. The monoisotopic (exact) mass is 329 g/mol. The molecule has 0 radical (unpaired) electrons. The highest BCUT2D eigenvalue weighted by atomic mass is 19.1. The van der Waals surface area contributed by atoms with Gasteiger partial charge in [0.15, 0.2) is 0 Å². The van der Waals surface area contributed by atoms with Crippen LogP contribution in [0.2, 0.25) is 0 Å². The number of hydrogen-bond donors (Lipinski definition) is 0. The zero-order valence-corrected chi connectivity index (χ0v) is 12.4. The molecule has 0 aliphatic carbocycles. The number of rotatable bonds is 4. The van der Waals surface area contributed by atoms with Gasteiger partial charge in [-0.1, -0.05) is 0 Å². The zero-order valence-electron chi connectivity index (χ0n) is 12.4. The predicted octanol–water partition coefficient (Wildman–Crippen LogP) is 1.02. The average molecular weight is 329 g/mol. The summed E-state index contributed by atoms with van der Waals surface area (Å²) >= 11 is 0. The van der Waals surface area contributed by atoms with Crippen molar-refractivity contribution in [2.24, 2.45) is 0 Å². The lowest BCUT2D eigenvalue weighted by molar-refractivity contribution is 0.129. The number of aromatic nitrogens is 6. The minimum atomic E-state index is -0.595. The van der Waals surface area contributed by atoms with Crippen molar-refractivity contribution in [1.82, 2.24) is 29.8 Å². The summed E-state index contributed by atoms with van der Waals surface area (Å²) in [5, 5.41) is 10.8. The molecule has 2 aromatic heterocycles. The molecule has 1 amide bonds. The van der Waals surface area contributed by atoms with Crippen LogP contribution in [0.4, 0.5) is 14.9 Å². The number of hydrogen-bond acceptors (Lipinski definition) is 6. The Morgan fingerprint density at radius 1 is 1.33 bits per heavy atom. The maximum absolute atomic E-state index is 14.5. The van der Waals surface area contributed by atoms with Crippen LogP contribution in [0.1, 0.15) is 0 Å². The van der Waals surface area contributed by atoms with Crippen LogP contribution >= 0.6 is 0 Å². The first kappa shape index (κ1) is 14.3. The van der Waals surface area contributed by atoms with Crippen LogP contribution in [-0.2, 0) is 11.3 Å². The molecule has 9 nitrogen and oxygen atoms in total. The second-order valence-corrected chi connectivity index (χ2v) is 5.25. The Morgan fingerprint density at radius 3 is 2.96 bits per heavy atom. The molecule has 1 aliphatic heterocycles. The first-order valence-corrected chi connectivity index (χ1v) is 7.17. The highest BCUT2D eigenvalue weighted by Gasteiger charge is 2.34. The molecule has 4 rings (SSSR count). The van der Waals surface area contributed by atoms with Crippen molar-refractivity contribution in [2.45, 2.75) is 12.6 Å². The summed E-state index contributed by atoms with van der Waals surface area (Å²) in [4.78, 5) is 17.2. The van der Waals surface area contributed by atoms with E-state index >= 15 is 0 Å². The maximum Gasteiger partial charge on any atom is 0.414 e. The van der Waals surface area contributed by atoms with Crippen LogP contribution in [0, 0.1) is 5.82 Å². The van der Waals surface area contributed by atoms with Gasteiger partial charge in [-0.15, -0.1) is 5.10 Å². The molecule has 0 unspecified atom stereocenters. The number of anilines is 1. The lowest BCUT2D eigenvalue weighted by Crippen LogP contribution is -2.27. The Bertz CT molecular complexity index is 850. The van der Waals surface area contributed by atoms with Gasteiger partial charge in [0, 0.05) is 24.1 Å². The van der Waals surface area contributed by atoms with Crippen LogP contribution in [0.15, 0.2) is 43.2 Å². The van der Waals surface area contributed by atoms with Crippen LogP contribution in [-0.4, -0.2) is 48.5 Å². The number of amides is 1. The highest BCUT2D eigenvalue weighted by molar-refractivity contribution is 5.90. The van der Waals surface area contributed by atoms with E-state index in [1.807, 2.05) is 0 Å². The lowest BCUT2D eigenvalue weighted by atomic mass is 10.2. The van der Waals surface area contributed by atoms with Crippen molar-refractivity contribution in [3.8, 4) is 5.69 Å². The molecule has 1 aliphatic rings. The highest BCUT2D eigenvalue weighted by Crippen LogP contribution is 2.27. The van der Waals surface area contributed by atoms with Crippen LogP contribution < -0.4 is 4.90 Å². The topological polar surface area (TPSA) is 91.0 Å². The minimum Gasteiger partial charge on any atom is -0.442 e. The summed E-state index contributed by atoms with van der Waals surface area (Å²) in [5.74, 6) is -0.513. The van der Waals surface area contributed by atoms with E-state index in [9.17, 15) is 9.18 Å². The molecule has 24 heavy (non-hydrogen) atoms. The van der Waals surface area contributed by atoms with Crippen LogP contribution in [0.3, 0.4) is 0 Å². The third-order valence-corrected chi connectivity index (χ3v) is 3.68. The van der Waals surface area contributed by atoms with Gasteiger partial charge in [0.05, 0.1) is 25.1 Å². The Balaban J connectivity index is 1.54. The fraction of sp³-hybridized carbons (Fsp3) is 0.214. The Hall–Kier alpha value is -3.30. The Kier molecular flexibility index (Phi) is 3.41. The van der Waals surface area contributed by atoms with Crippen molar-refractivity contribution in [2.75, 3.05) is 11.4 Å². The third-order valence-electron chi connectivity index (χ3n) is 3.68. The molecule has 1 aromatic carbocycles. The summed E-state index contributed by atoms with van der Waals surface area (Å²) in [6.07, 6.45) is 5.27. The van der Waals surface area contributed by atoms with Gasteiger partial charge in [-0.2, -0.15) is 0 Å².